The summed E-state index contributed by atoms with van der Waals surface area (Å²) in [6, 6.07) is 29.5. The van der Waals surface area contributed by atoms with Gasteiger partial charge in [-0.1, -0.05) is 91.0 Å². The maximum Gasteiger partial charge on any atom is 0.323 e. The first-order chi connectivity index (χ1) is 15.3. The van der Waals surface area contributed by atoms with E-state index in [0.717, 1.165) is 23.0 Å². The zero-order valence-electron chi connectivity index (χ0n) is 17.7. The van der Waals surface area contributed by atoms with Gasteiger partial charge in [-0.3, -0.25) is 9.69 Å². The van der Waals surface area contributed by atoms with Gasteiger partial charge in [-0.05, 0) is 29.5 Å². The van der Waals surface area contributed by atoms with Crippen LogP contribution in [0.4, 0.5) is 0 Å². The Morgan fingerprint density at radius 3 is 1.74 bits per heavy atom. The zero-order chi connectivity index (χ0) is 21.7. The summed E-state index contributed by atoms with van der Waals surface area (Å²) < 4.78 is 5.71. The van der Waals surface area contributed by atoms with Crippen molar-refractivity contribution in [1.82, 2.24) is 4.90 Å². The van der Waals surface area contributed by atoms with E-state index in [2.05, 4.69) is 29.2 Å². The number of aldehydes is 1. The summed E-state index contributed by atoms with van der Waals surface area (Å²) in [7, 11) is 0. The largest absolute Gasteiger partial charge is 0.460 e. The van der Waals surface area contributed by atoms with E-state index in [1.165, 1.54) is 0 Å². The molecule has 3 aromatic carbocycles. The Balaban J connectivity index is 1.79. The Bertz CT molecular complexity index is 871. The highest BCUT2D eigenvalue weighted by Gasteiger charge is 2.27. The van der Waals surface area contributed by atoms with E-state index in [-0.39, 0.29) is 12.6 Å². The van der Waals surface area contributed by atoms with Gasteiger partial charge in [0.1, 0.15) is 18.9 Å². The van der Waals surface area contributed by atoms with E-state index >= 15 is 0 Å². The molecule has 1 atom stereocenters. The van der Waals surface area contributed by atoms with Crippen LogP contribution in [0.5, 0.6) is 0 Å². The highest BCUT2D eigenvalue weighted by molar-refractivity contribution is 5.75. The molecule has 4 heteroatoms. The lowest BCUT2D eigenvalue weighted by atomic mass is 10.0. The quantitative estimate of drug-likeness (QED) is 0.233. The Morgan fingerprint density at radius 1 is 0.774 bits per heavy atom. The SMILES string of the molecule is O=CCCC[C@@H](C(=O)OCc1ccccc1)N(Cc1ccccc1)Cc1ccccc1. The van der Waals surface area contributed by atoms with E-state index in [1.807, 2.05) is 66.7 Å². The molecule has 0 saturated heterocycles. The molecule has 0 aliphatic carbocycles. The molecule has 0 heterocycles. The Morgan fingerprint density at radius 2 is 1.26 bits per heavy atom. The van der Waals surface area contributed by atoms with E-state index in [0.29, 0.717) is 32.4 Å². The monoisotopic (exact) mass is 415 g/mol. The molecule has 0 bridgehead atoms. The van der Waals surface area contributed by atoms with Crippen molar-refractivity contribution in [1.29, 1.82) is 0 Å². The van der Waals surface area contributed by atoms with E-state index in [4.69, 9.17) is 4.74 Å². The zero-order valence-corrected chi connectivity index (χ0v) is 17.7. The van der Waals surface area contributed by atoms with Gasteiger partial charge >= 0.3 is 5.97 Å². The lowest BCUT2D eigenvalue weighted by Crippen LogP contribution is -2.41. The van der Waals surface area contributed by atoms with Crippen LogP contribution in [0.15, 0.2) is 91.0 Å². The van der Waals surface area contributed by atoms with Gasteiger partial charge in [0.15, 0.2) is 0 Å². The molecule has 0 unspecified atom stereocenters. The van der Waals surface area contributed by atoms with Gasteiger partial charge in [-0.2, -0.15) is 0 Å². The molecule has 0 radical (unpaired) electrons. The van der Waals surface area contributed by atoms with Gasteiger partial charge < -0.3 is 9.53 Å². The molecule has 3 aromatic rings. The summed E-state index contributed by atoms with van der Waals surface area (Å²) in [6.07, 6.45) is 2.57. The number of benzene rings is 3. The number of ether oxygens (including phenoxy) is 1. The molecule has 0 spiro atoms. The first-order valence-electron chi connectivity index (χ1n) is 10.7. The molecule has 3 rings (SSSR count). The standard InChI is InChI=1S/C27H29NO3/c29-19-11-10-18-26(27(30)31-22-25-16-8-3-9-17-25)28(20-23-12-4-1-5-13-23)21-24-14-6-2-7-15-24/h1-9,12-17,19,26H,10-11,18,20-22H2/t26-/m0/s1. The summed E-state index contributed by atoms with van der Waals surface area (Å²) in [4.78, 5) is 26.2. The number of carbonyl (C=O) groups excluding carboxylic acids is 2. The highest BCUT2D eigenvalue weighted by Crippen LogP contribution is 2.19. The van der Waals surface area contributed by atoms with Crippen molar-refractivity contribution in [3.8, 4) is 0 Å². The molecular formula is C27H29NO3. The van der Waals surface area contributed by atoms with Gasteiger partial charge in [-0.15, -0.1) is 0 Å². The van der Waals surface area contributed by atoms with Crippen molar-refractivity contribution in [3.05, 3.63) is 108 Å². The Kier molecular flexibility index (Phi) is 9.02. The Labute approximate surface area is 184 Å². The second-order valence-corrected chi connectivity index (χ2v) is 7.58. The van der Waals surface area contributed by atoms with Crippen LogP contribution < -0.4 is 0 Å². The van der Waals surface area contributed by atoms with Crippen LogP contribution in [-0.2, 0) is 34.0 Å². The maximum atomic E-state index is 13.2. The molecule has 0 aliphatic rings. The number of rotatable bonds is 12. The topological polar surface area (TPSA) is 46.6 Å². The van der Waals surface area contributed by atoms with E-state index < -0.39 is 6.04 Å². The normalized spacial score (nSPS) is 11.8. The number of carbonyl (C=O) groups is 2. The predicted octanol–water partition coefficient (Wildman–Crippen LogP) is 5.17. The number of nitrogens with zero attached hydrogens (tertiary/aromatic N) is 1. The maximum absolute atomic E-state index is 13.2. The fourth-order valence-electron chi connectivity index (χ4n) is 3.58. The lowest BCUT2D eigenvalue weighted by molar-refractivity contribution is -0.152. The first kappa shape index (κ1) is 22.4. The third kappa shape index (κ3) is 7.50. The van der Waals surface area contributed by atoms with Crippen LogP contribution in [0, 0.1) is 0 Å². The van der Waals surface area contributed by atoms with Crippen LogP contribution in [-0.4, -0.2) is 23.2 Å². The lowest BCUT2D eigenvalue weighted by Gasteiger charge is -2.30. The first-order valence-corrected chi connectivity index (χ1v) is 10.7. The van der Waals surface area contributed by atoms with Crippen molar-refractivity contribution in [3.63, 3.8) is 0 Å². The molecule has 0 N–H and O–H groups in total. The fraction of sp³-hybridized carbons (Fsp3) is 0.259. The van der Waals surface area contributed by atoms with Crippen molar-refractivity contribution in [2.45, 2.75) is 45.0 Å². The summed E-state index contributed by atoms with van der Waals surface area (Å²) in [5, 5.41) is 0. The molecule has 0 aliphatic heterocycles. The van der Waals surface area contributed by atoms with Crippen molar-refractivity contribution in [2.24, 2.45) is 0 Å². The second kappa shape index (κ2) is 12.5. The second-order valence-electron chi connectivity index (χ2n) is 7.58. The smallest absolute Gasteiger partial charge is 0.323 e. The molecule has 0 amide bonds. The number of esters is 1. The van der Waals surface area contributed by atoms with E-state index in [1.54, 1.807) is 0 Å². The summed E-state index contributed by atoms with van der Waals surface area (Å²) in [6.45, 7) is 1.50. The van der Waals surface area contributed by atoms with Crippen LogP contribution in [0.1, 0.15) is 36.0 Å². The minimum atomic E-state index is -0.427. The Hall–Kier alpha value is -3.24. The molecule has 0 saturated carbocycles. The van der Waals surface area contributed by atoms with Crippen LogP contribution in [0.25, 0.3) is 0 Å². The van der Waals surface area contributed by atoms with E-state index in [9.17, 15) is 9.59 Å². The predicted molar refractivity (Wildman–Crippen MR) is 122 cm³/mol. The third-order valence-corrected chi connectivity index (χ3v) is 5.19. The molecule has 0 fully saturated rings. The van der Waals surface area contributed by atoms with Crippen molar-refractivity contribution >= 4 is 12.3 Å². The van der Waals surface area contributed by atoms with Crippen LogP contribution in [0.3, 0.4) is 0 Å². The van der Waals surface area contributed by atoms with Gasteiger partial charge in [0.2, 0.25) is 0 Å². The fourth-order valence-corrected chi connectivity index (χ4v) is 3.58. The summed E-state index contributed by atoms with van der Waals surface area (Å²) in [5.41, 5.74) is 3.23. The molecule has 31 heavy (non-hydrogen) atoms. The summed E-state index contributed by atoms with van der Waals surface area (Å²) in [5.74, 6) is -0.249. The van der Waals surface area contributed by atoms with Crippen molar-refractivity contribution < 1.29 is 14.3 Å². The molecular weight excluding hydrogens is 386 g/mol. The third-order valence-electron chi connectivity index (χ3n) is 5.19. The van der Waals surface area contributed by atoms with Gasteiger partial charge in [-0.25, -0.2) is 0 Å². The molecule has 160 valence electrons. The summed E-state index contributed by atoms with van der Waals surface area (Å²) >= 11 is 0. The van der Waals surface area contributed by atoms with Crippen molar-refractivity contribution in [2.75, 3.05) is 0 Å². The minimum absolute atomic E-state index is 0.244. The molecule has 4 nitrogen and oxygen atoms in total. The number of hydrogen-bond donors (Lipinski definition) is 0. The van der Waals surface area contributed by atoms with Gasteiger partial charge in [0, 0.05) is 19.5 Å². The minimum Gasteiger partial charge on any atom is -0.460 e. The van der Waals surface area contributed by atoms with Gasteiger partial charge in [0.05, 0.1) is 0 Å². The average molecular weight is 416 g/mol. The highest BCUT2D eigenvalue weighted by atomic mass is 16.5. The van der Waals surface area contributed by atoms with Crippen LogP contribution in [0.2, 0.25) is 0 Å². The van der Waals surface area contributed by atoms with Gasteiger partial charge in [0.25, 0.3) is 0 Å². The molecule has 0 aromatic heterocycles. The average Bonchev–Trinajstić information content (AvgIpc) is 2.82. The number of hydrogen-bond acceptors (Lipinski definition) is 4. The van der Waals surface area contributed by atoms with Crippen LogP contribution >= 0.6 is 0 Å². The number of unbranched alkanes of at least 4 members (excludes halogenated alkanes) is 1.